The van der Waals surface area contributed by atoms with Gasteiger partial charge in [0, 0.05) is 11.6 Å². The van der Waals surface area contributed by atoms with Gasteiger partial charge in [-0.25, -0.2) is 8.78 Å². The van der Waals surface area contributed by atoms with Crippen molar-refractivity contribution in [1.82, 2.24) is 0 Å². The van der Waals surface area contributed by atoms with Crippen molar-refractivity contribution in [3.05, 3.63) is 59.7 Å². The van der Waals surface area contributed by atoms with Crippen molar-refractivity contribution in [3.8, 4) is 11.5 Å². The third-order valence-corrected chi connectivity index (χ3v) is 2.26. The largest absolute Gasteiger partial charge is 0.507 e. The van der Waals surface area contributed by atoms with Crippen LogP contribution in [0.1, 0.15) is 5.56 Å². The summed E-state index contributed by atoms with van der Waals surface area (Å²) in [4.78, 5) is 0. The molecule has 1 N–H and O–H groups in total. The summed E-state index contributed by atoms with van der Waals surface area (Å²) in [5.74, 6) is -0.530. The van der Waals surface area contributed by atoms with Gasteiger partial charge in [0.1, 0.15) is 29.7 Å². The molecule has 0 heterocycles. The Balaban J connectivity index is 2.04. The van der Waals surface area contributed by atoms with Crippen LogP contribution in [0, 0.1) is 11.6 Å². The number of ether oxygens (including phenoxy) is 1. The first kappa shape index (κ1) is 11.4. The molecule has 0 aromatic heterocycles. The van der Waals surface area contributed by atoms with E-state index in [1.54, 1.807) is 0 Å². The second kappa shape index (κ2) is 4.82. The number of hydrogen-bond acceptors (Lipinski definition) is 2. The lowest BCUT2D eigenvalue weighted by Gasteiger charge is -2.07. The Kier molecular flexibility index (Phi) is 3.23. The zero-order chi connectivity index (χ0) is 12.3. The average molecular weight is 236 g/mol. The zero-order valence-electron chi connectivity index (χ0n) is 8.86. The van der Waals surface area contributed by atoms with Crippen LogP contribution in [-0.4, -0.2) is 5.11 Å². The van der Waals surface area contributed by atoms with Crippen LogP contribution in [0.3, 0.4) is 0 Å². The van der Waals surface area contributed by atoms with Crippen molar-refractivity contribution in [2.24, 2.45) is 0 Å². The third kappa shape index (κ3) is 2.93. The van der Waals surface area contributed by atoms with Gasteiger partial charge in [-0.2, -0.15) is 0 Å². The van der Waals surface area contributed by atoms with Crippen molar-refractivity contribution in [2.45, 2.75) is 6.61 Å². The maximum atomic E-state index is 12.7. The molecule has 0 saturated heterocycles. The monoisotopic (exact) mass is 236 g/mol. The summed E-state index contributed by atoms with van der Waals surface area (Å²) >= 11 is 0. The van der Waals surface area contributed by atoms with Crippen LogP contribution in [0.2, 0.25) is 0 Å². The highest BCUT2D eigenvalue weighted by molar-refractivity contribution is 5.32. The molecule has 0 spiro atoms. The van der Waals surface area contributed by atoms with Gasteiger partial charge in [0.15, 0.2) is 0 Å². The van der Waals surface area contributed by atoms with Crippen molar-refractivity contribution in [3.63, 3.8) is 0 Å². The number of rotatable bonds is 3. The van der Waals surface area contributed by atoms with Crippen LogP contribution in [0.4, 0.5) is 8.78 Å². The fraction of sp³-hybridized carbons (Fsp3) is 0.0769. The highest BCUT2D eigenvalue weighted by atomic mass is 19.1. The van der Waals surface area contributed by atoms with Crippen LogP contribution in [-0.2, 0) is 6.61 Å². The minimum absolute atomic E-state index is 0.0950. The van der Waals surface area contributed by atoms with Gasteiger partial charge in [0.2, 0.25) is 0 Å². The van der Waals surface area contributed by atoms with E-state index >= 15 is 0 Å². The van der Waals surface area contributed by atoms with Crippen LogP contribution in [0.25, 0.3) is 0 Å². The SMILES string of the molecule is Oc1cc(F)ccc1COc1ccc(F)cc1. The molecule has 17 heavy (non-hydrogen) atoms. The van der Waals surface area contributed by atoms with Crippen molar-refractivity contribution in [1.29, 1.82) is 0 Å². The fourth-order valence-electron chi connectivity index (χ4n) is 1.35. The van der Waals surface area contributed by atoms with E-state index in [0.29, 0.717) is 11.3 Å². The molecular formula is C13H10F2O2. The normalized spacial score (nSPS) is 10.2. The number of hydrogen-bond donors (Lipinski definition) is 1. The van der Waals surface area contributed by atoms with Gasteiger partial charge < -0.3 is 9.84 Å². The highest BCUT2D eigenvalue weighted by Crippen LogP contribution is 2.20. The van der Waals surface area contributed by atoms with Crippen molar-refractivity contribution in [2.75, 3.05) is 0 Å². The Bertz CT molecular complexity index is 509. The molecule has 0 bridgehead atoms. The second-order valence-electron chi connectivity index (χ2n) is 3.52. The lowest BCUT2D eigenvalue weighted by atomic mass is 10.2. The van der Waals surface area contributed by atoms with E-state index in [1.165, 1.54) is 36.4 Å². The summed E-state index contributed by atoms with van der Waals surface area (Å²) in [6.07, 6.45) is 0. The number of halogens is 2. The molecule has 2 aromatic carbocycles. The van der Waals surface area contributed by atoms with E-state index in [1.807, 2.05) is 0 Å². The Labute approximate surface area is 97.1 Å². The maximum absolute atomic E-state index is 12.7. The molecule has 88 valence electrons. The molecule has 2 nitrogen and oxygen atoms in total. The summed E-state index contributed by atoms with van der Waals surface area (Å²) in [5.41, 5.74) is 0.468. The molecule has 0 amide bonds. The van der Waals surface area contributed by atoms with Crippen molar-refractivity contribution < 1.29 is 18.6 Å². The Hall–Kier alpha value is -2.10. The Morgan fingerprint density at radius 2 is 1.59 bits per heavy atom. The molecule has 0 aliphatic rings. The third-order valence-electron chi connectivity index (χ3n) is 2.26. The first-order valence-electron chi connectivity index (χ1n) is 5.01. The standard InChI is InChI=1S/C13H10F2O2/c14-10-3-5-12(6-4-10)17-8-9-1-2-11(15)7-13(9)16/h1-7,16H,8H2. The second-order valence-corrected chi connectivity index (χ2v) is 3.52. The van der Waals surface area contributed by atoms with Gasteiger partial charge in [-0.05, 0) is 36.4 Å². The molecule has 0 unspecified atom stereocenters. The molecule has 0 aliphatic carbocycles. The first-order valence-corrected chi connectivity index (χ1v) is 5.01. The molecule has 2 rings (SSSR count). The predicted molar refractivity (Wildman–Crippen MR) is 58.8 cm³/mol. The molecule has 0 fully saturated rings. The summed E-state index contributed by atoms with van der Waals surface area (Å²) in [6.45, 7) is 0.0950. The van der Waals surface area contributed by atoms with Gasteiger partial charge in [0.05, 0.1) is 0 Å². The number of benzene rings is 2. The van der Waals surface area contributed by atoms with Crippen LogP contribution >= 0.6 is 0 Å². The summed E-state index contributed by atoms with van der Waals surface area (Å²) in [5, 5.41) is 9.43. The molecule has 0 saturated carbocycles. The summed E-state index contributed by atoms with van der Waals surface area (Å²) in [6, 6.07) is 9.21. The minimum atomic E-state index is -0.506. The van der Waals surface area contributed by atoms with E-state index in [0.717, 1.165) is 6.07 Å². The number of phenolic OH excluding ortho intramolecular Hbond substituents is 1. The highest BCUT2D eigenvalue weighted by Gasteiger charge is 2.03. The van der Waals surface area contributed by atoms with Gasteiger partial charge in [-0.3, -0.25) is 0 Å². The smallest absolute Gasteiger partial charge is 0.126 e. The quantitative estimate of drug-likeness (QED) is 0.886. The van der Waals surface area contributed by atoms with E-state index in [-0.39, 0.29) is 18.2 Å². The summed E-state index contributed by atoms with van der Waals surface area (Å²) < 4.78 is 30.7. The van der Waals surface area contributed by atoms with Crippen molar-refractivity contribution >= 4 is 0 Å². The Morgan fingerprint density at radius 1 is 0.941 bits per heavy atom. The fourth-order valence-corrected chi connectivity index (χ4v) is 1.35. The molecule has 0 atom stereocenters. The molecular weight excluding hydrogens is 226 g/mol. The van der Waals surface area contributed by atoms with Gasteiger partial charge in [0.25, 0.3) is 0 Å². The topological polar surface area (TPSA) is 29.5 Å². The van der Waals surface area contributed by atoms with E-state index in [9.17, 15) is 13.9 Å². The van der Waals surface area contributed by atoms with Crippen LogP contribution in [0.15, 0.2) is 42.5 Å². The van der Waals surface area contributed by atoms with Gasteiger partial charge in [-0.1, -0.05) is 0 Å². The van der Waals surface area contributed by atoms with E-state index < -0.39 is 5.82 Å². The molecule has 0 radical (unpaired) electrons. The predicted octanol–water partition coefficient (Wildman–Crippen LogP) is 3.25. The van der Waals surface area contributed by atoms with Crippen LogP contribution < -0.4 is 4.74 Å². The van der Waals surface area contributed by atoms with E-state index in [4.69, 9.17) is 4.74 Å². The number of aromatic hydroxyl groups is 1. The number of phenols is 1. The molecule has 4 heteroatoms. The minimum Gasteiger partial charge on any atom is -0.507 e. The van der Waals surface area contributed by atoms with E-state index in [2.05, 4.69) is 0 Å². The lowest BCUT2D eigenvalue weighted by molar-refractivity contribution is 0.298. The molecule has 2 aromatic rings. The van der Waals surface area contributed by atoms with Gasteiger partial charge in [-0.15, -0.1) is 0 Å². The van der Waals surface area contributed by atoms with Gasteiger partial charge >= 0.3 is 0 Å². The van der Waals surface area contributed by atoms with Crippen LogP contribution in [0.5, 0.6) is 11.5 Å². The zero-order valence-corrected chi connectivity index (χ0v) is 8.86. The lowest BCUT2D eigenvalue weighted by Crippen LogP contribution is -1.96. The maximum Gasteiger partial charge on any atom is 0.126 e. The summed E-state index contributed by atoms with van der Waals surface area (Å²) in [7, 11) is 0. The average Bonchev–Trinajstić information content (AvgIpc) is 2.30. The first-order chi connectivity index (χ1) is 8.15. The molecule has 0 aliphatic heterocycles. The Morgan fingerprint density at radius 3 is 2.24 bits per heavy atom.